The first-order chi connectivity index (χ1) is 11.5. The van der Waals surface area contributed by atoms with Crippen molar-refractivity contribution in [2.24, 2.45) is 5.41 Å². The molecule has 3 heterocycles. The van der Waals surface area contributed by atoms with Crippen molar-refractivity contribution in [1.29, 1.82) is 0 Å². The minimum Gasteiger partial charge on any atom is -0.375 e. The zero-order valence-corrected chi connectivity index (χ0v) is 15.3. The Hall–Kier alpha value is -1.63. The average Bonchev–Trinajstić information content (AvgIpc) is 2.97. The van der Waals surface area contributed by atoms with Crippen LogP contribution in [0.15, 0.2) is 0 Å². The fraction of sp³-hybridized carbons (Fsp3) is 0.706. The van der Waals surface area contributed by atoms with Gasteiger partial charge in [-0.1, -0.05) is 18.3 Å². The molecule has 6 nitrogen and oxygen atoms in total. The maximum Gasteiger partial charge on any atom is 0.265 e. The summed E-state index contributed by atoms with van der Waals surface area (Å²) < 4.78 is 0. The summed E-state index contributed by atoms with van der Waals surface area (Å²) in [6.07, 6.45) is 4.28. The summed E-state index contributed by atoms with van der Waals surface area (Å²) in [6.45, 7) is 7.06. The predicted molar refractivity (Wildman–Crippen MR) is 95.0 cm³/mol. The molecular formula is C17H26N4O2S. The van der Waals surface area contributed by atoms with Crippen molar-refractivity contribution in [3.8, 4) is 0 Å². The van der Waals surface area contributed by atoms with Crippen LogP contribution in [0.2, 0.25) is 0 Å². The molecule has 2 aliphatic heterocycles. The first-order valence-electron chi connectivity index (χ1n) is 8.80. The van der Waals surface area contributed by atoms with Crippen molar-refractivity contribution in [2.75, 3.05) is 31.9 Å². The van der Waals surface area contributed by atoms with Gasteiger partial charge < -0.3 is 15.5 Å². The number of amides is 2. The van der Waals surface area contributed by atoms with Crippen LogP contribution >= 0.6 is 11.3 Å². The van der Waals surface area contributed by atoms with Crippen LogP contribution in [-0.4, -0.2) is 52.8 Å². The van der Waals surface area contributed by atoms with Gasteiger partial charge in [0.15, 0.2) is 5.13 Å². The molecule has 1 atom stereocenters. The minimum atomic E-state index is 0.0556. The van der Waals surface area contributed by atoms with Crippen molar-refractivity contribution in [1.82, 2.24) is 14.8 Å². The molecule has 7 heteroatoms. The van der Waals surface area contributed by atoms with Gasteiger partial charge in [0.05, 0.1) is 5.69 Å². The predicted octanol–water partition coefficient (Wildman–Crippen LogP) is 2.15. The molecule has 132 valence electrons. The lowest BCUT2D eigenvalue weighted by molar-refractivity contribution is -0.138. The van der Waals surface area contributed by atoms with Gasteiger partial charge >= 0.3 is 0 Å². The molecule has 2 aliphatic rings. The zero-order chi connectivity index (χ0) is 17.3. The molecule has 1 aromatic rings. The Morgan fingerprint density at radius 3 is 2.83 bits per heavy atom. The number of carbonyl (C=O) groups is 2. The highest BCUT2D eigenvalue weighted by molar-refractivity contribution is 7.17. The Labute approximate surface area is 147 Å². The van der Waals surface area contributed by atoms with E-state index in [0.29, 0.717) is 22.9 Å². The number of hydrogen-bond donors (Lipinski definition) is 1. The van der Waals surface area contributed by atoms with Crippen LogP contribution in [0.3, 0.4) is 0 Å². The van der Waals surface area contributed by atoms with Crippen molar-refractivity contribution in [2.45, 2.75) is 46.0 Å². The van der Waals surface area contributed by atoms with Crippen LogP contribution < -0.4 is 5.73 Å². The van der Waals surface area contributed by atoms with Crippen LogP contribution in [0, 0.1) is 5.41 Å². The lowest BCUT2D eigenvalue weighted by Gasteiger charge is -2.48. The van der Waals surface area contributed by atoms with E-state index in [1.807, 2.05) is 23.6 Å². The van der Waals surface area contributed by atoms with Crippen molar-refractivity contribution >= 4 is 28.3 Å². The molecular weight excluding hydrogens is 324 g/mol. The Kier molecular flexibility index (Phi) is 4.80. The zero-order valence-electron chi connectivity index (χ0n) is 14.5. The summed E-state index contributed by atoms with van der Waals surface area (Å²) in [4.78, 5) is 33.9. The quantitative estimate of drug-likeness (QED) is 0.906. The summed E-state index contributed by atoms with van der Waals surface area (Å²) in [5, 5.41) is 0.461. The number of anilines is 1. The summed E-state index contributed by atoms with van der Waals surface area (Å²) in [6, 6.07) is 0. The largest absolute Gasteiger partial charge is 0.375 e. The molecule has 3 rings (SSSR count). The fourth-order valence-electron chi connectivity index (χ4n) is 4.03. The van der Waals surface area contributed by atoms with Gasteiger partial charge in [-0.15, -0.1) is 0 Å². The van der Waals surface area contributed by atoms with E-state index in [-0.39, 0.29) is 17.2 Å². The third-order valence-electron chi connectivity index (χ3n) is 5.32. The first-order valence-corrected chi connectivity index (χ1v) is 9.62. The molecule has 0 aliphatic carbocycles. The van der Waals surface area contributed by atoms with E-state index in [2.05, 4.69) is 4.98 Å². The van der Waals surface area contributed by atoms with Gasteiger partial charge in [-0.2, -0.15) is 0 Å². The van der Waals surface area contributed by atoms with E-state index in [4.69, 9.17) is 5.73 Å². The molecule has 2 N–H and O–H groups in total. The van der Waals surface area contributed by atoms with Crippen LogP contribution in [-0.2, 0) is 11.2 Å². The van der Waals surface area contributed by atoms with E-state index in [1.165, 1.54) is 11.3 Å². The fourth-order valence-corrected chi connectivity index (χ4v) is 4.91. The summed E-state index contributed by atoms with van der Waals surface area (Å²) in [7, 11) is 0. The number of nitrogens with zero attached hydrogens (tertiary/aromatic N) is 3. The molecule has 0 radical (unpaired) electrons. The number of thiazole rings is 1. The molecule has 0 bridgehead atoms. The number of aryl methyl sites for hydroxylation is 1. The topological polar surface area (TPSA) is 79.5 Å². The monoisotopic (exact) mass is 350 g/mol. The number of aromatic nitrogens is 1. The smallest absolute Gasteiger partial charge is 0.265 e. The van der Waals surface area contributed by atoms with Crippen molar-refractivity contribution in [3.63, 3.8) is 0 Å². The second-order valence-electron chi connectivity index (χ2n) is 6.92. The van der Waals surface area contributed by atoms with Crippen LogP contribution in [0.1, 0.15) is 54.9 Å². The standard InChI is InChI=1S/C17H26N4O2S/c1-3-12-14(24-16(18)19-12)15(23)21-9-5-7-17(11-21)8-6-13(22)20(4-2)10-17/h3-11H2,1-2H3,(H2,18,19). The van der Waals surface area contributed by atoms with Crippen LogP contribution in [0.5, 0.6) is 0 Å². The second-order valence-corrected chi connectivity index (χ2v) is 7.95. The SMILES string of the molecule is CCc1nc(N)sc1C(=O)N1CCCC2(CCC(=O)N(CC)C2)C1. The highest BCUT2D eigenvalue weighted by Gasteiger charge is 2.42. The molecule has 0 saturated carbocycles. The molecule has 0 aromatic carbocycles. The lowest BCUT2D eigenvalue weighted by Crippen LogP contribution is -2.55. The number of likely N-dealkylation sites (tertiary alicyclic amines) is 2. The summed E-state index contributed by atoms with van der Waals surface area (Å²) in [5.74, 6) is 0.301. The summed E-state index contributed by atoms with van der Waals surface area (Å²) >= 11 is 1.29. The van der Waals surface area contributed by atoms with Gasteiger partial charge in [0.2, 0.25) is 5.91 Å². The molecule has 2 saturated heterocycles. The molecule has 2 amide bonds. The van der Waals surface area contributed by atoms with Gasteiger partial charge in [0, 0.05) is 38.0 Å². The van der Waals surface area contributed by atoms with Crippen molar-refractivity contribution in [3.05, 3.63) is 10.6 Å². The van der Waals surface area contributed by atoms with E-state index in [9.17, 15) is 9.59 Å². The van der Waals surface area contributed by atoms with Gasteiger partial charge in [-0.25, -0.2) is 4.98 Å². The second kappa shape index (κ2) is 6.70. The molecule has 24 heavy (non-hydrogen) atoms. The maximum atomic E-state index is 13.0. The third-order valence-corrected chi connectivity index (χ3v) is 6.24. The van der Waals surface area contributed by atoms with Gasteiger partial charge in [0.1, 0.15) is 4.88 Å². The molecule has 1 aromatic heterocycles. The van der Waals surface area contributed by atoms with Gasteiger partial charge in [-0.3, -0.25) is 9.59 Å². The third kappa shape index (κ3) is 3.14. The molecule has 1 spiro atoms. The van der Waals surface area contributed by atoms with Crippen molar-refractivity contribution < 1.29 is 9.59 Å². The highest BCUT2D eigenvalue weighted by Crippen LogP contribution is 2.39. The number of nitrogen functional groups attached to an aromatic ring is 1. The molecule has 2 fully saturated rings. The minimum absolute atomic E-state index is 0.0556. The number of nitrogens with two attached hydrogens (primary N) is 1. The lowest BCUT2D eigenvalue weighted by atomic mass is 9.73. The Morgan fingerprint density at radius 1 is 1.33 bits per heavy atom. The normalized spacial score (nSPS) is 24.7. The number of rotatable bonds is 3. The van der Waals surface area contributed by atoms with E-state index in [1.54, 1.807) is 0 Å². The van der Waals surface area contributed by atoms with Crippen LogP contribution in [0.4, 0.5) is 5.13 Å². The first kappa shape index (κ1) is 17.2. The number of piperidine rings is 2. The highest BCUT2D eigenvalue weighted by atomic mass is 32.1. The van der Waals surface area contributed by atoms with Gasteiger partial charge in [0.25, 0.3) is 5.91 Å². The average molecular weight is 350 g/mol. The number of hydrogen-bond acceptors (Lipinski definition) is 5. The number of carbonyl (C=O) groups excluding carboxylic acids is 2. The summed E-state index contributed by atoms with van der Waals surface area (Å²) in [5.41, 5.74) is 6.66. The van der Waals surface area contributed by atoms with Gasteiger partial charge in [-0.05, 0) is 32.6 Å². The van der Waals surface area contributed by atoms with E-state index in [0.717, 1.165) is 51.1 Å². The Bertz CT molecular complexity index is 645. The maximum absolute atomic E-state index is 13.0. The molecule has 1 unspecified atom stereocenters. The van der Waals surface area contributed by atoms with Crippen LogP contribution in [0.25, 0.3) is 0 Å². The van der Waals surface area contributed by atoms with E-state index < -0.39 is 0 Å². The Morgan fingerprint density at radius 2 is 2.12 bits per heavy atom. The van der Waals surface area contributed by atoms with E-state index >= 15 is 0 Å². The Balaban J connectivity index is 1.78.